The fraction of sp³-hybridized carbons (Fsp3) is 0.409. The summed E-state index contributed by atoms with van der Waals surface area (Å²) in [5.41, 5.74) is 5.70. The van der Waals surface area contributed by atoms with E-state index in [4.69, 9.17) is 4.74 Å². The van der Waals surface area contributed by atoms with Crippen molar-refractivity contribution in [2.75, 3.05) is 6.61 Å². The number of hydrogen-bond donors (Lipinski definition) is 1. The van der Waals surface area contributed by atoms with Crippen LogP contribution in [0.3, 0.4) is 0 Å². The third-order valence-corrected chi connectivity index (χ3v) is 4.90. The molecule has 2 aromatic carbocycles. The number of nitrogens with zero attached hydrogens (tertiary/aromatic N) is 2. The molecule has 4 heteroatoms. The second kappa shape index (κ2) is 7.50. The summed E-state index contributed by atoms with van der Waals surface area (Å²) in [5.74, 6) is 2.06. The van der Waals surface area contributed by atoms with Crippen molar-refractivity contribution in [2.45, 2.75) is 53.2 Å². The van der Waals surface area contributed by atoms with E-state index < -0.39 is 6.10 Å². The van der Waals surface area contributed by atoms with E-state index in [2.05, 4.69) is 61.5 Å². The van der Waals surface area contributed by atoms with E-state index in [1.165, 1.54) is 16.7 Å². The summed E-state index contributed by atoms with van der Waals surface area (Å²) in [7, 11) is 0. The number of benzene rings is 2. The van der Waals surface area contributed by atoms with Gasteiger partial charge in [-0.2, -0.15) is 0 Å². The molecular formula is C22H28N2O2. The lowest BCUT2D eigenvalue weighted by molar-refractivity contribution is 0.181. The molecule has 3 aromatic rings. The highest BCUT2D eigenvalue weighted by Gasteiger charge is 2.15. The molecule has 0 bridgehead atoms. The number of aliphatic hydroxyl groups is 1. The maximum atomic E-state index is 10.1. The van der Waals surface area contributed by atoms with Crippen molar-refractivity contribution in [3.63, 3.8) is 0 Å². The van der Waals surface area contributed by atoms with E-state index in [-0.39, 0.29) is 0 Å². The predicted octanol–water partition coefficient (Wildman–Crippen LogP) is 4.91. The highest BCUT2D eigenvalue weighted by Crippen LogP contribution is 2.24. The summed E-state index contributed by atoms with van der Waals surface area (Å²) in [5, 5.41) is 10.1. The van der Waals surface area contributed by atoms with Gasteiger partial charge in [-0.1, -0.05) is 26.0 Å². The minimum atomic E-state index is -0.617. The van der Waals surface area contributed by atoms with E-state index in [1.807, 2.05) is 12.1 Å². The predicted molar refractivity (Wildman–Crippen MR) is 106 cm³/mol. The highest BCUT2D eigenvalue weighted by molar-refractivity contribution is 5.78. The highest BCUT2D eigenvalue weighted by atomic mass is 16.5. The molecule has 1 atom stereocenters. The average Bonchev–Trinajstić information content (AvgIpc) is 2.94. The molecule has 138 valence electrons. The van der Waals surface area contributed by atoms with E-state index >= 15 is 0 Å². The zero-order valence-corrected chi connectivity index (χ0v) is 16.3. The van der Waals surface area contributed by atoms with Crippen LogP contribution in [0.4, 0.5) is 0 Å². The van der Waals surface area contributed by atoms with Gasteiger partial charge in [0.05, 0.1) is 17.6 Å². The monoisotopic (exact) mass is 352 g/mol. The van der Waals surface area contributed by atoms with Crippen molar-refractivity contribution in [1.29, 1.82) is 0 Å². The smallest absolute Gasteiger partial charge is 0.138 e. The standard InChI is InChI=1S/C22H28N2O2/c1-14(2)18-6-8-19(9-7-18)26-11-10-24-21-13-16(4)15(3)12-20(21)23-22(24)17(5)25/h6-9,12-14,17,25H,10-11H2,1-5H3. The van der Waals surface area contributed by atoms with Crippen LogP contribution in [0.2, 0.25) is 0 Å². The lowest BCUT2D eigenvalue weighted by Crippen LogP contribution is -2.13. The van der Waals surface area contributed by atoms with Gasteiger partial charge in [0.15, 0.2) is 0 Å². The molecule has 0 aliphatic rings. The van der Waals surface area contributed by atoms with Crippen LogP contribution in [-0.4, -0.2) is 21.3 Å². The minimum Gasteiger partial charge on any atom is -0.492 e. The van der Waals surface area contributed by atoms with Gasteiger partial charge in [0, 0.05) is 0 Å². The first-order valence-corrected chi connectivity index (χ1v) is 9.25. The molecule has 0 aliphatic carbocycles. The summed E-state index contributed by atoms with van der Waals surface area (Å²) in [6, 6.07) is 12.5. The Morgan fingerprint density at radius 2 is 1.69 bits per heavy atom. The van der Waals surface area contributed by atoms with Crippen molar-refractivity contribution < 1.29 is 9.84 Å². The number of aliphatic hydroxyl groups excluding tert-OH is 1. The first-order chi connectivity index (χ1) is 12.4. The first-order valence-electron chi connectivity index (χ1n) is 9.25. The van der Waals surface area contributed by atoms with Gasteiger partial charge in [-0.25, -0.2) is 4.98 Å². The lowest BCUT2D eigenvalue weighted by atomic mass is 10.0. The van der Waals surface area contributed by atoms with Crippen molar-refractivity contribution in [3.8, 4) is 5.75 Å². The number of hydrogen-bond acceptors (Lipinski definition) is 3. The summed E-state index contributed by atoms with van der Waals surface area (Å²) in [4.78, 5) is 4.63. The maximum Gasteiger partial charge on any atom is 0.138 e. The molecular weight excluding hydrogens is 324 g/mol. The molecule has 0 saturated carbocycles. The zero-order chi connectivity index (χ0) is 18.8. The number of fused-ring (bicyclic) bond motifs is 1. The normalized spacial score (nSPS) is 12.7. The van der Waals surface area contributed by atoms with Crippen LogP contribution in [0, 0.1) is 13.8 Å². The SMILES string of the molecule is Cc1cc2nc(C(C)O)n(CCOc3ccc(C(C)C)cc3)c2cc1C. The minimum absolute atomic E-state index is 0.515. The summed E-state index contributed by atoms with van der Waals surface area (Å²) in [6.07, 6.45) is -0.617. The van der Waals surface area contributed by atoms with Gasteiger partial charge < -0.3 is 14.4 Å². The van der Waals surface area contributed by atoms with Crippen LogP contribution >= 0.6 is 0 Å². The van der Waals surface area contributed by atoms with Crippen molar-refractivity contribution >= 4 is 11.0 Å². The third kappa shape index (κ3) is 3.75. The van der Waals surface area contributed by atoms with Crippen molar-refractivity contribution in [3.05, 3.63) is 58.9 Å². The first kappa shape index (κ1) is 18.5. The van der Waals surface area contributed by atoms with Gasteiger partial charge in [0.1, 0.15) is 24.3 Å². The topological polar surface area (TPSA) is 47.3 Å². The molecule has 0 saturated heterocycles. The molecule has 26 heavy (non-hydrogen) atoms. The summed E-state index contributed by atoms with van der Waals surface area (Å²) < 4.78 is 7.99. The Morgan fingerprint density at radius 1 is 1.04 bits per heavy atom. The number of aromatic nitrogens is 2. The van der Waals surface area contributed by atoms with Gasteiger partial charge in [-0.3, -0.25) is 0 Å². The Morgan fingerprint density at radius 3 is 2.31 bits per heavy atom. The Balaban J connectivity index is 1.79. The Hall–Kier alpha value is -2.33. The fourth-order valence-corrected chi connectivity index (χ4v) is 3.16. The van der Waals surface area contributed by atoms with Gasteiger partial charge >= 0.3 is 0 Å². The number of imidazole rings is 1. The van der Waals surface area contributed by atoms with E-state index in [0.29, 0.717) is 24.9 Å². The van der Waals surface area contributed by atoms with Crippen LogP contribution in [0.25, 0.3) is 11.0 Å². The second-order valence-electron chi connectivity index (χ2n) is 7.29. The number of ether oxygens (including phenoxy) is 1. The molecule has 0 amide bonds. The largest absolute Gasteiger partial charge is 0.492 e. The molecule has 0 fully saturated rings. The quantitative estimate of drug-likeness (QED) is 0.686. The summed E-state index contributed by atoms with van der Waals surface area (Å²) >= 11 is 0. The molecule has 0 aliphatic heterocycles. The molecule has 3 rings (SSSR count). The second-order valence-corrected chi connectivity index (χ2v) is 7.29. The molecule has 1 heterocycles. The van der Waals surface area contributed by atoms with Gasteiger partial charge in [-0.05, 0) is 67.6 Å². The van der Waals surface area contributed by atoms with Crippen molar-refractivity contribution in [2.24, 2.45) is 0 Å². The maximum absolute atomic E-state index is 10.1. The van der Waals surface area contributed by atoms with Crippen LogP contribution in [0.15, 0.2) is 36.4 Å². The van der Waals surface area contributed by atoms with E-state index in [0.717, 1.165) is 16.8 Å². The number of rotatable bonds is 6. The van der Waals surface area contributed by atoms with Crippen LogP contribution in [0.5, 0.6) is 5.75 Å². The number of aryl methyl sites for hydroxylation is 2. The Labute approximate surface area is 155 Å². The molecule has 1 N–H and O–H groups in total. The Kier molecular flexibility index (Phi) is 5.33. The van der Waals surface area contributed by atoms with Gasteiger partial charge in [0.2, 0.25) is 0 Å². The Bertz CT molecular complexity index is 893. The van der Waals surface area contributed by atoms with E-state index in [1.54, 1.807) is 6.92 Å². The van der Waals surface area contributed by atoms with Gasteiger partial charge in [-0.15, -0.1) is 0 Å². The van der Waals surface area contributed by atoms with Gasteiger partial charge in [0.25, 0.3) is 0 Å². The molecule has 0 spiro atoms. The molecule has 0 radical (unpaired) electrons. The summed E-state index contributed by atoms with van der Waals surface area (Å²) in [6.45, 7) is 11.5. The molecule has 4 nitrogen and oxygen atoms in total. The van der Waals surface area contributed by atoms with Crippen molar-refractivity contribution in [1.82, 2.24) is 9.55 Å². The van der Waals surface area contributed by atoms with Crippen LogP contribution < -0.4 is 4.74 Å². The van der Waals surface area contributed by atoms with Crippen LogP contribution in [-0.2, 0) is 6.54 Å². The zero-order valence-electron chi connectivity index (χ0n) is 16.3. The fourth-order valence-electron chi connectivity index (χ4n) is 3.16. The third-order valence-electron chi connectivity index (χ3n) is 4.90. The van der Waals surface area contributed by atoms with Crippen LogP contribution in [0.1, 0.15) is 55.3 Å². The molecule has 1 unspecified atom stereocenters. The lowest BCUT2D eigenvalue weighted by Gasteiger charge is -2.13. The average molecular weight is 352 g/mol. The van der Waals surface area contributed by atoms with E-state index in [9.17, 15) is 5.11 Å². The molecule has 1 aromatic heterocycles.